The third kappa shape index (κ3) is 5.97. The number of rotatable bonds is 7. The Balaban J connectivity index is 2.11. The van der Waals surface area contributed by atoms with Gasteiger partial charge < -0.3 is 19.9 Å². The number of hydrogen-bond donors (Lipinski definition) is 1. The lowest BCUT2D eigenvalue weighted by Crippen LogP contribution is -2.19. The van der Waals surface area contributed by atoms with Crippen LogP contribution in [-0.4, -0.2) is 25.6 Å². The summed E-state index contributed by atoms with van der Waals surface area (Å²) in [5, 5.41) is 0. The first-order valence-corrected chi connectivity index (χ1v) is 8.42. The van der Waals surface area contributed by atoms with Gasteiger partial charge in [0.2, 0.25) is 0 Å². The Labute approximate surface area is 158 Å². The fourth-order valence-corrected chi connectivity index (χ4v) is 2.32. The Kier molecular flexibility index (Phi) is 7.14. The van der Waals surface area contributed by atoms with Gasteiger partial charge in [-0.05, 0) is 42.7 Å². The molecule has 0 radical (unpaired) electrons. The maximum absolute atomic E-state index is 11.7. The van der Waals surface area contributed by atoms with Crippen molar-refractivity contribution in [2.24, 2.45) is 5.73 Å². The van der Waals surface area contributed by atoms with E-state index < -0.39 is 11.9 Å². The molecule has 142 valence electrons. The first-order valence-electron chi connectivity index (χ1n) is 8.42. The molecule has 6 nitrogen and oxygen atoms in total. The van der Waals surface area contributed by atoms with E-state index in [1.165, 1.54) is 11.6 Å². The minimum absolute atomic E-state index is 0.348. The smallest absolute Gasteiger partial charge is 0.338 e. The lowest BCUT2D eigenvalue weighted by Gasteiger charge is -2.13. The molecule has 27 heavy (non-hydrogen) atoms. The van der Waals surface area contributed by atoms with Crippen molar-refractivity contribution >= 4 is 17.5 Å². The van der Waals surface area contributed by atoms with Gasteiger partial charge in [0, 0.05) is 6.08 Å². The van der Waals surface area contributed by atoms with Gasteiger partial charge in [-0.1, -0.05) is 35.9 Å². The number of carbonyl (C=O) groups is 2. The molecule has 2 aromatic rings. The lowest BCUT2D eigenvalue weighted by molar-refractivity contribution is -0.155. The normalized spacial score (nSPS) is 11.0. The Morgan fingerprint density at radius 1 is 1.07 bits per heavy atom. The highest BCUT2D eigenvalue weighted by atomic mass is 16.6. The number of methoxy groups -OCH3 is 1. The zero-order chi connectivity index (χ0) is 19.8. The molecule has 0 aromatic heterocycles. The minimum atomic E-state index is -0.776. The summed E-state index contributed by atoms with van der Waals surface area (Å²) in [6.45, 7) is 3.83. The second-order valence-corrected chi connectivity index (χ2v) is 5.96. The molecule has 6 heteroatoms. The van der Waals surface area contributed by atoms with E-state index in [4.69, 9.17) is 15.2 Å². The second-order valence-electron chi connectivity index (χ2n) is 5.96. The summed E-state index contributed by atoms with van der Waals surface area (Å²) < 4.78 is 15.8. The van der Waals surface area contributed by atoms with Crippen molar-refractivity contribution in [3.8, 4) is 11.5 Å². The van der Waals surface area contributed by atoms with Crippen molar-refractivity contribution in [2.45, 2.75) is 20.5 Å². The molecule has 2 aromatic carbocycles. The van der Waals surface area contributed by atoms with Crippen molar-refractivity contribution < 1.29 is 23.8 Å². The predicted octanol–water partition coefficient (Wildman–Crippen LogP) is 3.01. The number of carbonyl (C=O) groups excluding carboxylic acids is 2. The first kappa shape index (κ1) is 20.2. The molecule has 2 N–H and O–H groups in total. The Morgan fingerprint density at radius 3 is 2.41 bits per heavy atom. The summed E-state index contributed by atoms with van der Waals surface area (Å²) in [6, 6.07) is 13.4. The number of nitrogens with two attached hydrogens (primary N) is 1. The number of hydrogen-bond acceptors (Lipinski definition) is 6. The Morgan fingerprint density at radius 2 is 1.78 bits per heavy atom. The Hall–Kier alpha value is -3.12. The van der Waals surface area contributed by atoms with Crippen LogP contribution in [-0.2, 0) is 20.9 Å². The molecule has 0 aliphatic carbocycles. The van der Waals surface area contributed by atoms with Crippen LogP contribution >= 0.6 is 0 Å². The van der Waals surface area contributed by atoms with Crippen LogP contribution in [0.3, 0.4) is 0 Å². The fraction of sp³-hybridized carbons (Fsp3) is 0.238. The number of benzene rings is 2. The standard InChI is InChI=1S/C21H23NO5/c1-14-4-6-16(7-5-14)13-26-18-9-8-17(11-19(18)25-3)15(2)10-20(23)27-21(24)12-22/h4-11H,12-13,22H2,1-3H3. The predicted molar refractivity (Wildman–Crippen MR) is 102 cm³/mol. The zero-order valence-corrected chi connectivity index (χ0v) is 15.7. The van der Waals surface area contributed by atoms with Crippen molar-refractivity contribution in [1.82, 2.24) is 0 Å². The van der Waals surface area contributed by atoms with Gasteiger partial charge in [-0.3, -0.25) is 4.79 Å². The van der Waals surface area contributed by atoms with Crippen LogP contribution in [0.15, 0.2) is 48.5 Å². The van der Waals surface area contributed by atoms with Crippen LogP contribution in [0.1, 0.15) is 23.6 Å². The summed E-state index contributed by atoms with van der Waals surface area (Å²) in [6.07, 6.45) is 1.23. The quantitative estimate of drug-likeness (QED) is 0.459. The van der Waals surface area contributed by atoms with Gasteiger partial charge in [-0.15, -0.1) is 0 Å². The summed E-state index contributed by atoms with van der Waals surface area (Å²) in [7, 11) is 1.55. The highest BCUT2D eigenvalue weighted by molar-refractivity contribution is 5.97. The summed E-state index contributed by atoms with van der Waals surface area (Å²) in [5.41, 5.74) is 8.72. The molecule has 0 aliphatic heterocycles. The average molecular weight is 369 g/mol. The second kappa shape index (κ2) is 9.54. The summed E-state index contributed by atoms with van der Waals surface area (Å²) in [5.74, 6) is -0.405. The van der Waals surface area contributed by atoms with Crippen molar-refractivity contribution in [1.29, 1.82) is 0 Å². The first-order chi connectivity index (χ1) is 12.9. The van der Waals surface area contributed by atoms with Crippen LogP contribution in [0.25, 0.3) is 5.57 Å². The topological polar surface area (TPSA) is 87.9 Å². The monoisotopic (exact) mass is 369 g/mol. The molecule has 0 saturated heterocycles. The van der Waals surface area contributed by atoms with Crippen LogP contribution in [0.5, 0.6) is 11.5 Å². The van der Waals surface area contributed by atoms with E-state index in [0.29, 0.717) is 23.7 Å². The van der Waals surface area contributed by atoms with Crippen molar-refractivity contribution in [3.63, 3.8) is 0 Å². The maximum atomic E-state index is 11.7. The van der Waals surface area contributed by atoms with Crippen LogP contribution < -0.4 is 15.2 Å². The van der Waals surface area contributed by atoms with E-state index in [-0.39, 0.29) is 6.54 Å². The molecule has 0 aliphatic rings. The molecule has 0 amide bonds. The van der Waals surface area contributed by atoms with Crippen LogP contribution in [0, 0.1) is 6.92 Å². The molecule has 0 spiro atoms. The molecule has 0 fully saturated rings. The molecule has 0 saturated carbocycles. The molecular weight excluding hydrogens is 346 g/mol. The van der Waals surface area contributed by atoms with Gasteiger partial charge in [0.05, 0.1) is 13.7 Å². The van der Waals surface area contributed by atoms with Crippen molar-refractivity contribution in [3.05, 3.63) is 65.2 Å². The van der Waals surface area contributed by atoms with Gasteiger partial charge in [0.25, 0.3) is 0 Å². The third-order valence-corrected chi connectivity index (χ3v) is 3.85. The molecule has 0 atom stereocenters. The van der Waals surface area contributed by atoms with Gasteiger partial charge in [-0.2, -0.15) is 0 Å². The van der Waals surface area contributed by atoms with E-state index in [2.05, 4.69) is 4.74 Å². The maximum Gasteiger partial charge on any atom is 0.338 e. The highest BCUT2D eigenvalue weighted by Gasteiger charge is 2.10. The largest absolute Gasteiger partial charge is 0.493 e. The van der Waals surface area contributed by atoms with E-state index in [1.54, 1.807) is 32.2 Å². The lowest BCUT2D eigenvalue weighted by atomic mass is 10.1. The van der Waals surface area contributed by atoms with E-state index >= 15 is 0 Å². The van der Waals surface area contributed by atoms with Gasteiger partial charge in [0.15, 0.2) is 11.5 Å². The average Bonchev–Trinajstić information content (AvgIpc) is 2.67. The summed E-state index contributed by atoms with van der Waals surface area (Å²) in [4.78, 5) is 22.7. The molecule has 0 unspecified atom stereocenters. The number of esters is 2. The van der Waals surface area contributed by atoms with Gasteiger partial charge >= 0.3 is 11.9 Å². The van der Waals surface area contributed by atoms with Gasteiger partial charge in [-0.25, -0.2) is 4.79 Å². The number of ether oxygens (including phenoxy) is 3. The third-order valence-electron chi connectivity index (χ3n) is 3.85. The molecule has 2 rings (SSSR count). The zero-order valence-electron chi connectivity index (χ0n) is 15.7. The van der Waals surface area contributed by atoms with Crippen LogP contribution in [0.2, 0.25) is 0 Å². The van der Waals surface area contributed by atoms with E-state index in [1.807, 2.05) is 31.2 Å². The van der Waals surface area contributed by atoms with Crippen molar-refractivity contribution in [2.75, 3.05) is 13.7 Å². The number of aryl methyl sites for hydroxylation is 1. The van der Waals surface area contributed by atoms with E-state index in [0.717, 1.165) is 11.1 Å². The minimum Gasteiger partial charge on any atom is -0.493 e. The van der Waals surface area contributed by atoms with Crippen LogP contribution in [0.4, 0.5) is 0 Å². The van der Waals surface area contributed by atoms with Gasteiger partial charge in [0.1, 0.15) is 6.61 Å². The Bertz CT molecular complexity index is 840. The summed E-state index contributed by atoms with van der Waals surface area (Å²) >= 11 is 0. The molecule has 0 bridgehead atoms. The molecule has 0 heterocycles. The SMILES string of the molecule is COc1cc(C(C)=CC(=O)OC(=O)CN)ccc1OCc1ccc(C)cc1. The molecular formula is C21H23NO5. The van der Waals surface area contributed by atoms with E-state index in [9.17, 15) is 9.59 Å². The highest BCUT2D eigenvalue weighted by Crippen LogP contribution is 2.31. The fourth-order valence-electron chi connectivity index (χ4n) is 2.32. The number of allylic oxidation sites excluding steroid dienone is 1.